The van der Waals surface area contributed by atoms with Gasteiger partial charge in [0, 0.05) is 32.4 Å². The number of aryl methyl sites for hydroxylation is 1. The van der Waals surface area contributed by atoms with E-state index in [1.807, 2.05) is 0 Å². The van der Waals surface area contributed by atoms with E-state index in [1.165, 1.54) is 20.3 Å². The summed E-state index contributed by atoms with van der Waals surface area (Å²) in [6.45, 7) is 4.92. The SMILES string of the molecule is CCOC(=O)N1CCN(C(=O)c2c(CC)nc3ccc(C(F)(F)F)cn23)CC1. The number of ether oxygens (including phenoxy) is 1. The molecule has 1 aliphatic heterocycles. The molecule has 0 saturated carbocycles. The summed E-state index contributed by atoms with van der Waals surface area (Å²) in [6.07, 6.45) is -3.64. The zero-order valence-electron chi connectivity index (χ0n) is 15.6. The van der Waals surface area contributed by atoms with Crippen LogP contribution in [0.25, 0.3) is 5.65 Å². The number of carbonyl (C=O) groups is 2. The van der Waals surface area contributed by atoms with Crippen molar-refractivity contribution < 1.29 is 27.5 Å². The smallest absolute Gasteiger partial charge is 0.417 e. The molecule has 0 radical (unpaired) electrons. The van der Waals surface area contributed by atoms with E-state index in [1.54, 1.807) is 13.8 Å². The van der Waals surface area contributed by atoms with Crippen LogP contribution in [-0.2, 0) is 17.3 Å². The van der Waals surface area contributed by atoms with Crippen molar-refractivity contribution in [2.24, 2.45) is 0 Å². The van der Waals surface area contributed by atoms with Crippen molar-refractivity contribution in [1.82, 2.24) is 19.2 Å². The Hall–Kier alpha value is -2.78. The molecule has 1 saturated heterocycles. The summed E-state index contributed by atoms with van der Waals surface area (Å²) in [5.41, 5.74) is 0.0184. The number of imidazole rings is 1. The minimum absolute atomic E-state index is 0.133. The number of nitrogens with zero attached hydrogens (tertiary/aromatic N) is 4. The third kappa shape index (κ3) is 3.76. The summed E-state index contributed by atoms with van der Waals surface area (Å²) >= 11 is 0. The lowest BCUT2D eigenvalue weighted by Gasteiger charge is -2.34. The van der Waals surface area contributed by atoms with Crippen LogP contribution in [0.1, 0.15) is 35.6 Å². The van der Waals surface area contributed by atoms with Gasteiger partial charge in [0.05, 0.1) is 17.9 Å². The number of pyridine rings is 1. The number of aromatic nitrogens is 2. The minimum atomic E-state index is -4.52. The Kier molecular flexibility index (Phi) is 5.48. The standard InChI is InChI=1S/C18H21F3N4O3/c1-3-13-15(25-11-12(18(19,20)21)5-6-14(25)22-13)16(26)23-7-9-24(10-8-23)17(27)28-4-2/h5-6,11H,3-4,7-10H2,1-2H3. The Morgan fingerprint density at radius 2 is 1.75 bits per heavy atom. The van der Waals surface area contributed by atoms with E-state index in [0.29, 0.717) is 30.9 Å². The molecule has 0 spiro atoms. The average molecular weight is 398 g/mol. The molecule has 2 aromatic rings. The lowest BCUT2D eigenvalue weighted by molar-refractivity contribution is -0.137. The van der Waals surface area contributed by atoms with Gasteiger partial charge in [0.25, 0.3) is 5.91 Å². The molecule has 3 heterocycles. The van der Waals surface area contributed by atoms with Crippen molar-refractivity contribution in [1.29, 1.82) is 0 Å². The highest BCUT2D eigenvalue weighted by Crippen LogP contribution is 2.30. The lowest BCUT2D eigenvalue weighted by Crippen LogP contribution is -2.51. The molecule has 3 rings (SSSR count). The molecule has 1 fully saturated rings. The molecule has 0 atom stereocenters. The number of alkyl halides is 3. The zero-order chi connectivity index (χ0) is 20.5. The highest BCUT2D eigenvalue weighted by molar-refractivity contribution is 5.95. The summed E-state index contributed by atoms with van der Waals surface area (Å²) in [4.78, 5) is 32.2. The monoisotopic (exact) mass is 398 g/mol. The van der Waals surface area contributed by atoms with Crippen molar-refractivity contribution in [3.05, 3.63) is 35.3 Å². The maximum Gasteiger partial charge on any atom is 0.417 e. The molecular weight excluding hydrogens is 377 g/mol. The molecule has 7 nitrogen and oxygen atoms in total. The first kappa shape index (κ1) is 20.0. The Balaban J connectivity index is 1.88. The van der Waals surface area contributed by atoms with E-state index in [9.17, 15) is 22.8 Å². The second-order valence-electron chi connectivity index (χ2n) is 6.38. The van der Waals surface area contributed by atoms with Gasteiger partial charge in [-0.2, -0.15) is 13.2 Å². The molecule has 1 aliphatic rings. The van der Waals surface area contributed by atoms with Crippen LogP contribution in [0.4, 0.5) is 18.0 Å². The Morgan fingerprint density at radius 3 is 2.32 bits per heavy atom. The molecule has 2 amide bonds. The number of fused-ring (bicyclic) bond motifs is 1. The van der Waals surface area contributed by atoms with Crippen LogP contribution >= 0.6 is 0 Å². The quantitative estimate of drug-likeness (QED) is 0.798. The Morgan fingerprint density at radius 1 is 1.11 bits per heavy atom. The number of hydrogen-bond donors (Lipinski definition) is 0. The van der Waals surface area contributed by atoms with Gasteiger partial charge >= 0.3 is 12.3 Å². The Labute approximate surface area is 159 Å². The van der Waals surface area contributed by atoms with Gasteiger partial charge in [-0.3, -0.25) is 9.20 Å². The van der Waals surface area contributed by atoms with Crippen LogP contribution in [-0.4, -0.2) is 64.0 Å². The van der Waals surface area contributed by atoms with Gasteiger partial charge in [0.2, 0.25) is 0 Å². The van der Waals surface area contributed by atoms with Gasteiger partial charge in [-0.15, -0.1) is 0 Å². The topological polar surface area (TPSA) is 67.2 Å². The number of rotatable bonds is 3. The van der Waals surface area contributed by atoms with Gasteiger partial charge in [-0.1, -0.05) is 6.92 Å². The molecule has 0 aromatic carbocycles. The van der Waals surface area contributed by atoms with Gasteiger partial charge in [0.15, 0.2) is 0 Å². The van der Waals surface area contributed by atoms with E-state index < -0.39 is 23.7 Å². The average Bonchev–Trinajstić information content (AvgIpc) is 3.04. The summed E-state index contributed by atoms with van der Waals surface area (Å²) in [5.74, 6) is -0.396. The summed E-state index contributed by atoms with van der Waals surface area (Å²) < 4.78 is 45.4. The molecule has 10 heteroatoms. The van der Waals surface area contributed by atoms with Crippen molar-refractivity contribution in [2.75, 3.05) is 32.8 Å². The zero-order valence-corrected chi connectivity index (χ0v) is 15.6. The number of amides is 2. The predicted molar refractivity (Wildman–Crippen MR) is 94.1 cm³/mol. The van der Waals surface area contributed by atoms with E-state index in [2.05, 4.69) is 4.98 Å². The number of hydrogen-bond acceptors (Lipinski definition) is 4. The third-order valence-corrected chi connectivity index (χ3v) is 4.65. The molecule has 0 aliphatic carbocycles. The number of piperazine rings is 1. The number of halogens is 3. The maximum atomic E-state index is 13.1. The van der Waals surface area contributed by atoms with Gasteiger partial charge in [-0.25, -0.2) is 9.78 Å². The maximum absolute atomic E-state index is 13.1. The summed E-state index contributed by atoms with van der Waals surface area (Å²) in [6, 6.07) is 2.21. The van der Waals surface area contributed by atoms with Crippen LogP contribution in [0.15, 0.2) is 18.3 Å². The van der Waals surface area contributed by atoms with Crippen LogP contribution < -0.4 is 0 Å². The molecule has 0 bridgehead atoms. The summed E-state index contributed by atoms with van der Waals surface area (Å²) in [5, 5.41) is 0. The molecular formula is C18H21F3N4O3. The van der Waals surface area contributed by atoms with Gasteiger partial charge in [-0.05, 0) is 25.5 Å². The van der Waals surface area contributed by atoms with E-state index in [-0.39, 0.29) is 25.4 Å². The molecule has 0 unspecified atom stereocenters. The van der Waals surface area contributed by atoms with E-state index in [0.717, 1.165) is 12.3 Å². The normalized spacial score (nSPS) is 15.2. The minimum Gasteiger partial charge on any atom is -0.450 e. The third-order valence-electron chi connectivity index (χ3n) is 4.65. The first-order valence-corrected chi connectivity index (χ1v) is 9.05. The molecule has 152 valence electrons. The van der Waals surface area contributed by atoms with Crippen LogP contribution in [0, 0.1) is 0 Å². The second kappa shape index (κ2) is 7.69. The fourth-order valence-electron chi connectivity index (χ4n) is 3.19. The predicted octanol–water partition coefficient (Wildman–Crippen LogP) is 2.83. The summed E-state index contributed by atoms with van der Waals surface area (Å²) in [7, 11) is 0. The largest absolute Gasteiger partial charge is 0.450 e. The van der Waals surface area contributed by atoms with Crippen molar-refractivity contribution in [2.45, 2.75) is 26.4 Å². The fourth-order valence-corrected chi connectivity index (χ4v) is 3.19. The highest BCUT2D eigenvalue weighted by Gasteiger charge is 2.33. The van der Waals surface area contributed by atoms with Crippen LogP contribution in [0.2, 0.25) is 0 Å². The highest BCUT2D eigenvalue weighted by atomic mass is 19.4. The first-order chi connectivity index (χ1) is 13.3. The van der Waals surface area contributed by atoms with Crippen molar-refractivity contribution in [3.63, 3.8) is 0 Å². The van der Waals surface area contributed by atoms with Crippen LogP contribution in [0.3, 0.4) is 0 Å². The van der Waals surface area contributed by atoms with Crippen LogP contribution in [0.5, 0.6) is 0 Å². The Bertz CT molecular complexity index is 886. The van der Waals surface area contributed by atoms with Gasteiger partial charge < -0.3 is 14.5 Å². The second-order valence-corrected chi connectivity index (χ2v) is 6.38. The fraction of sp³-hybridized carbons (Fsp3) is 0.500. The molecule has 28 heavy (non-hydrogen) atoms. The van der Waals surface area contributed by atoms with E-state index >= 15 is 0 Å². The molecule has 2 aromatic heterocycles. The molecule has 0 N–H and O–H groups in total. The van der Waals surface area contributed by atoms with E-state index in [4.69, 9.17) is 4.74 Å². The van der Waals surface area contributed by atoms with Crippen molar-refractivity contribution >= 4 is 17.6 Å². The van der Waals surface area contributed by atoms with Crippen molar-refractivity contribution in [3.8, 4) is 0 Å². The number of carbonyl (C=O) groups excluding carboxylic acids is 2. The lowest BCUT2D eigenvalue weighted by atomic mass is 10.2. The first-order valence-electron chi connectivity index (χ1n) is 9.05. The van der Waals surface area contributed by atoms with Gasteiger partial charge in [0.1, 0.15) is 11.3 Å².